The largest absolute Gasteiger partial charge is 0.496 e. The molecule has 0 aliphatic heterocycles. The molecule has 0 saturated heterocycles. The summed E-state index contributed by atoms with van der Waals surface area (Å²) in [7, 11) is 3.27. The van der Waals surface area contributed by atoms with Crippen LogP contribution < -0.4 is 9.47 Å². The van der Waals surface area contributed by atoms with Crippen LogP contribution in [-0.4, -0.2) is 43.9 Å². The normalized spacial score (nSPS) is 10.6. The van der Waals surface area contributed by atoms with Gasteiger partial charge in [-0.1, -0.05) is 6.08 Å². The summed E-state index contributed by atoms with van der Waals surface area (Å²) in [6.07, 6.45) is 1.82. The van der Waals surface area contributed by atoms with Crippen LogP contribution in [0.25, 0.3) is 0 Å². The molecular formula is C14H20BrNO3. The Morgan fingerprint density at radius 2 is 2.00 bits per heavy atom. The van der Waals surface area contributed by atoms with Gasteiger partial charge in [-0.3, -0.25) is 4.90 Å². The summed E-state index contributed by atoms with van der Waals surface area (Å²) in [4.78, 5) is 2.08. The second kappa shape index (κ2) is 8.19. The average molecular weight is 330 g/mol. The molecule has 1 N–H and O–H groups in total. The van der Waals surface area contributed by atoms with Gasteiger partial charge in [-0.25, -0.2) is 0 Å². The van der Waals surface area contributed by atoms with E-state index in [0.717, 1.165) is 21.5 Å². The topological polar surface area (TPSA) is 41.9 Å². The van der Waals surface area contributed by atoms with Gasteiger partial charge in [0.25, 0.3) is 0 Å². The highest BCUT2D eigenvalue weighted by molar-refractivity contribution is 9.10. The van der Waals surface area contributed by atoms with Crippen LogP contribution in [0.1, 0.15) is 5.56 Å². The van der Waals surface area contributed by atoms with E-state index in [1.54, 1.807) is 14.2 Å². The number of methoxy groups -OCH3 is 2. The first kappa shape index (κ1) is 16.0. The van der Waals surface area contributed by atoms with Gasteiger partial charge >= 0.3 is 0 Å². The fourth-order valence-corrected chi connectivity index (χ4v) is 2.33. The molecule has 19 heavy (non-hydrogen) atoms. The zero-order chi connectivity index (χ0) is 14.3. The Balaban J connectivity index is 2.99. The van der Waals surface area contributed by atoms with Crippen LogP contribution in [0.2, 0.25) is 0 Å². The number of nitrogens with zero attached hydrogens (tertiary/aromatic N) is 1. The van der Waals surface area contributed by atoms with E-state index in [2.05, 4.69) is 27.4 Å². The van der Waals surface area contributed by atoms with E-state index in [-0.39, 0.29) is 6.61 Å². The van der Waals surface area contributed by atoms with Crippen LogP contribution in [0.15, 0.2) is 29.3 Å². The van der Waals surface area contributed by atoms with Crippen LogP contribution >= 0.6 is 15.9 Å². The van der Waals surface area contributed by atoms with Crippen molar-refractivity contribution in [2.75, 3.05) is 33.9 Å². The summed E-state index contributed by atoms with van der Waals surface area (Å²) in [5.41, 5.74) is 1.01. The third-order valence-corrected chi connectivity index (χ3v) is 3.37. The van der Waals surface area contributed by atoms with Crippen molar-refractivity contribution in [3.63, 3.8) is 0 Å². The second-order valence-corrected chi connectivity index (χ2v) is 4.90. The van der Waals surface area contributed by atoms with Crippen molar-refractivity contribution in [3.8, 4) is 11.5 Å². The molecule has 0 aliphatic rings. The minimum absolute atomic E-state index is 0.115. The fourth-order valence-electron chi connectivity index (χ4n) is 1.85. The summed E-state index contributed by atoms with van der Waals surface area (Å²) < 4.78 is 11.5. The predicted octanol–water partition coefficient (Wildman–Crippen LogP) is 2.45. The Morgan fingerprint density at radius 1 is 1.32 bits per heavy atom. The van der Waals surface area contributed by atoms with Crippen LogP contribution in [0.5, 0.6) is 11.5 Å². The molecule has 106 valence electrons. The summed E-state index contributed by atoms with van der Waals surface area (Å²) in [6.45, 7) is 5.81. The molecule has 1 rings (SSSR count). The van der Waals surface area contributed by atoms with Crippen molar-refractivity contribution in [2.24, 2.45) is 0 Å². The molecule has 0 fully saturated rings. The first-order valence-electron chi connectivity index (χ1n) is 6.00. The van der Waals surface area contributed by atoms with Crippen molar-refractivity contribution in [1.29, 1.82) is 0 Å². The van der Waals surface area contributed by atoms with Crippen molar-refractivity contribution >= 4 is 15.9 Å². The van der Waals surface area contributed by atoms with Gasteiger partial charge in [0, 0.05) is 25.2 Å². The lowest BCUT2D eigenvalue weighted by molar-refractivity contribution is 0.202. The van der Waals surface area contributed by atoms with Crippen LogP contribution in [0.3, 0.4) is 0 Å². The Kier molecular flexibility index (Phi) is 6.91. The molecule has 5 heteroatoms. The van der Waals surface area contributed by atoms with Gasteiger partial charge in [0.05, 0.1) is 25.3 Å². The molecule has 4 nitrogen and oxygen atoms in total. The van der Waals surface area contributed by atoms with Gasteiger partial charge in [0.2, 0.25) is 0 Å². The van der Waals surface area contributed by atoms with E-state index in [9.17, 15) is 0 Å². The van der Waals surface area contributed by atoms with E-state index in [1.807, 2.05) is 18.2 Å². The monoisotopic (exact) mass is 329 g/mol. The van der Waals surface area contributed by atoms with E-state index in [0.29, 0.717) is 19.6 Å². The Labute approximate surface area is 122 Å². The molecular weight excluding hydrogens is 310 g/mol. The smallest absolute Gasteiger partial charge is 0.133 e. The zero-order valence-corrected chi connectivity index (χ0v) is 12.9. The first-order valence-corrected chi connectivity index (χ1v) is 6.80. The average Bonchev–Trinajstić information content (AvgIpc) is 2.40. The third-order valence-electron chi connectivity index (χ3n) is 2.75. The fraction of sp³-hybridized carbons (Fsp3) is 0.429. The van der Waals surface area contributed by atoms with E-state index < -0.39 is 0 Å². The molecule has 0 saturated carbocycles. The zero-order valence-electron chi connectivity index (χ0n) is 11.4. The number of benzene rings is 1. The molecule has 0 bridgehead atoms. The lowest BCUT2D eigenvalue weighted by Gasteiger charge is -2.21. The van der Waals surface area contributed by atoms with E-state index in [4.69, 9.17) is 14.6 Å². The minimum atomic E-state index is 0.115. The van der Waals surface area contributed by atoms with Gasteiger partial charge in [-0.2, -0.15) is 0 Å². The van der Waals surface area contributed by atoms with Crippen LogP contribution in [0.4, 0.5) is 0 Å². The van der Waals surface area contributed by atoms with Crippen molar-refractivity contribution in [1.82, 2.24) is 4.90 Å². The number of halogens is 1. The maximum Gasteiger partial charge on any atom is 0.133 e. The second-order valence-electron chi connectivity index (χ2n) is 4.05. The Hall–Kier alpha value is -1.04. The molecule has 0 unspecified atom stereocenters. The highest BCUT2D eigenvalue weighted by Gasteiger charge is 2.12. The summed E-state index contributed by atoms with van der Waals surface area (Å²) in [5, 5.41) is 9.07. The highest BCUT2D eigenvalue weighted by Crippen LogP contribution is 2.33. The van der Waals surface area contributed by atoms with Crippen molar-refractivity contribution in [3.05, 3.63) is 34.8 Å². The lowest BCUT2D eigenvalue weighted by atomic mass is 10.1. The van der Waals surface area contributed by atoms with Crippen molar-refractivity contribution < 1.29 is 14.6 Å². The van der Waals surface area contributed by atoms with Gasteiger partial charge in [-0.15, -0.1) is 6.58 Å². The first-order chi connectivity index (χ1) is 9.15. The van der Waals surface area contributed by atoms with Crippen LogP contribution in [-0.2, 0) is 6.54 Å². The maximum absolute atomic E-state index is 9.07. The predicted molar refractivity (Wildman–Crippen MR) is 79.8 cm³/mol. The molecule has 0 heterocycles. The van der Waals surface area contributed by atoms with Gasteiger partial charge in [-0.05, 0) is 28.1 Å². The van der Waals surface area contributed by atoms with Crippen molar-refractivity contribution in [2.45, 2.75) is 6.54 Å². The molecule has 1 aromatic carbocycles. The number of hydrogen-bond donors (Lipinski definition) is 1. The molecule has 0 amide bonds. The Bertz CT molecular complexity index is 423. The molecule has 0 radical (unpaired) electrons. The maximum atomic E-state index is 9.07. The number of aliphatic hydroxyl groups is 1. The third kappa shape index (κ3) is 4.53. The minimum Gasteiger partial charge on any atom is -0.496 e. The van der Waals surface area contributed by atoms with E-state index in [1.165, 1.54) is 0 Å². The van der Waals surface area contributed by atoms with Gasteiger partial charge in [0.15, 0.2) is 0 Å². The number of aliphatic hydroxyl groups excluding tert-OH is 1. The molecule has 0 spiro atoms. The summed E-state index contributed by atoms with van der Waals surface area (Å²) >= 11 is 3.44. The number of rotatable bonds is 8. The standard InChI is InChI=1S/C14H20BrNO3/c1-4-5-16(6-7-17)10-11-8-14(19-3)12(15)9-13(11)18-2/h4,8-9,17H,1,5-7,10H2,2-3H3. The number of hydrogen-bond acceptors (Lipinski definition) is 4. The Morgan fingerprint density at radius 3 is 2.53 bits per heavy atom. The molecule has 1 aromatic rings. The molecule has 0 aliphatic carbocycles. The molecule has 0 aromatic heterocycles. The molecule has 0 atom stereocenters. The quantitative estimate of drug-likeness (QED) is 0.744. The summed E-state index contributed by atoms with van der Waals surface area (Å²) in [6, 6.07) is 3.83. The SMILES string of the molecule is C=CCN(CCO)Cc1cc(OC)c(Br)cc1OC. The van der Waals surface area contributed by atoms with Gasteiger partial charge in [0.1, 0.15) is 11.5 Å². The van der Waals surface area contributed by atoms with Crippen LogP contribution in [0, 0.1) is 0 Å². The highest BCUT2D eigenvalue weighted by atomic mass is 79.9. The lowest BCUT2D eigenvalue weighted by Crippen LogP contribution is -2.26. The number of ether oxygens (including phenoxy) is 2. The summed E-state index contributed by atoms with van der Waals surface area (Å²) in [5.74, 6) is 1.55. The van der Waals surface area contributed by atoms with Gasteiger partial charge < -0.3 is 14.6 Å². The van der Waals surface area contributed by atoms with E-state index >= 15 is 0 Å².